The molecule has 0 saturated heterocycles. The number of rotatable bonds is 5. The quantitative estimate of drug-likeness (QED) is 0.448. The van der Waals surface area contributed by atoms with E-state index in [0.717, 1.165) is 0 Å². The Kier molecular flexibility index (Phi) is 5.99. The van der Waals surface area contributed by atoms with Crippen LogP contribution < -0.4 is 0 Å². The maximum absolute atomic E-state index is 13.1. The first-order chi connectivity index (χ1) is 13.5. The smallest absolute Gasteiger partial charge is 0.192 e. The van der Waals surface area contributed by atoms with E-state index < -0.39 is 28.2 Å². The fourth-order valence-electron chi connectivity index (χ4n) is 6.08. The van der Waals surface area contributed by atoms with Gasteiger partial charge in [-0.2, -0.15) is 0 Å². The maximum Gasteiger partial charge on any atom is 0.192 e. The minimum Gasteiger partial charge on any atom is -0.414 e. The van der Waals surface area contributed by atoms with Crippen molar-refractivity contribution < 1.29 is 18.8 Å². The summed E-state index contributed by atoms with van der Waals surface area (Å²) in [5, 5.41) is 10.5. The summed E-state index contributed by atoms with van der Waals surface area (Å²) in [6.07, 6.45) is 5.46. The molecule has 3 aliphatic carbocycles. The van der Waals surface area contributed by atoms with Crippen molar-refractivity contribution in [3.8, 4) is 0 Å². The number of aliphatic hydroxyl groups excluding tert-OH is 1. The van der Waals surface area contributed by atoms with Gasteiger partial charge in [0, 0.05) is 18.8 Å². The average Bonchev–Trinajstić information content (AvgIpc) is 3.13. The molecule has 0 aliphatic heterocycles. The second kappa shape index (κ2) is 7.37. The summed E-state index contributed by atoms with van der Waals surface area (Å²) in [6, 6.07) is 0. The number of aliphatic hydroxyl groups is 1. The second-order valence-corrected chi connectivity index (χ2v) is 22.2. The van der Waals surface area contributed by atoms with Crippen molar-refractivity contribution in [3.05, 3.63) is 12.2 Å². The standard InChI is InChI=1S/C24H44O4Si2/c1-22(2,3)30(9,10)27-19-14-24(28-29(6,7)8)16(20-21(19)23(20,4)5)12-11-13-18(26)17(24)15-25/h11-12,16-17,19-21,25H,13-15H2,1-10H3/t16-,17+,19+,20-,21+,24+/m0/s1. The van der Waals surface area contributed by atoms with E-state index in [0.29, 0.717) is 24.7 Å². The van der Waals surface area contributed by atoms with Crippen molar-refractivity contribution in [2.45, 2.75) is 96.9 Å². The van der Waals surface area contributed by atoms with Gasteiger partial charge < -0.3 is 14.0 Å². The first kappa shape index (κ1) is 24.4. The van der Waals surface area contributed by atoms with Crippen molar-refractivity contribution in [1.29, 1.82) is 0 Å². The fraction of sp³-hybridized carbons (Fsp3) is 0.875. The van der Waals surface area contributed by atoms with E-state index in [1.54, 1.807) is 0 Å². The molecular formula is C24H44O4Si2. The van der Waals surface area contributed by atoms with Crippen molar-refractivity contribution >= 4 is 22.4 Å². The van der Waals surface area contributed by atoms with E-state index in [4.69, 9.17) is 8.85 Å². The number of carbonyl (C=O) groups is 1. The summed E-state index contributed by atoms with van der Waals surface area (Å²) in [6.45, 7) is 22.6. The Balaban J connectivity index is 2.11. The Morgan fingerprint density at radius 1 is 1.13 bits per heavy atom. The van der Waals surface area contributed by atoms with Crippen LogP contribution in [0.4, 0.5) is 0 Å². The normalized spacial score (nSPS) is 38.6. The first-order valence-corrected chi connectivity index (χ1v) is 18.0. The van der Waals surface area contributed by atoms with Gasteiger partial charge in [0.1, 0.15) is 5.78 Å². The molecule has 2 saturated carbocycles. The monoisotopic (exact) mass is 452 g/mol. The van der Waals surface area contributed by atoms with Gasteiger partial charge in [-0.3, -0.25) is 4.79 Å². The van der Waals surface area contributed by atoms with Crippen molar-refractivity contribution in [2.75, 3.05) is 6.61 Å². The van der Waals surface area contributed by atoms with Crippen molar-refractivity contribution in [3.63, 3.8) is 0 Å². The number of carbonyl (C=O) groups excluding carboxylic acids is 1. The largest absolute Gasteiger partial charge is 0.414 e. The van der Waals surface area contributed by atoms with Gasteiger partial charge in [-0.1, -0.05) is 46.8 Å². The highest BCUT2D eigenvalue weighted by Gasteiger charge is 2.73. The molecule has 0 radical (unpaired) electrons. The summed E-state index contributed by atoms with van der Waals surface area (Å²) in [4.78, 5) is 13.1. The Bertz CT molecular complexity index is 716. The molecule has 3 rings (SSSR count). The zero-order valence-electron chi connectivity index (χ0n) is 20.8. The van der Waals surface area contributed by atoms with Gasteiger partial charge in [0.15, 0.2) is 16.6 Å². The third-order valence-corrected chi connectivity index (χ3v) is 13.9. The second-order valence-electron chi connectivity index (χ2n) is 13.0. The predicted octanol–water partition coefficient (Wildman–Crippen LogP) is 5.40. The Morgan fingerprint density at radius 2 is 1.73 bits per heavy atom. The molecule has 172 valence electrons. The number of fused-ring (bicyclic) bond motifs is 3. The minimum absolute atomic E-state index is 0.0758. The molecule has 1 N–H and O–H groups in total. The molecule has 6 atom stereocenters. The van der Waals surface area contributed by atoms with E-state index >= 15 is 0 Å². The van der Waals surface area contributed by atoms with Gasteiger partial charge in [-0.05, 0) is 55.0 Å². The van der Waals surface area contributed by atoms with E-state index in [9.17, 15) is 9.90 Å². The molecule has 0 heterocycles. The number of Topliss-reactive ketones (excluding diaryl/α,β-unsaturated/α-hetero) is 1. The Morgan fingerprint density at radius 3 is 2.23 bits per heavy atom. The lowest BCUT2D eigenvalue weighted by molar-refractivity contribution is -0.145. The Hall–Kier alpha value is -0.276. The highest BCUT2D eigenvalue weighted by Crippen LogP contribution is 2.72. The van der Waals surface area contributed by atoms with Gasteiger partial charge in [-0.25, -0.2) is 0 Å². The van der Waals surface area contributed by atoms with Crippen LogP contribution in [0.5, 0.6) is 0 Å². The fourth-order valence-corrected chi connectivity index (χ4v) is 8.92. The molecule has 4 nitrogen and oxygen atoms in total. The van der Waals surface area contributed by atoms with Crippen molar-refractivity contribution in [2.24, 2.45) is 29.1 Å². The van der Waals surface area contributed by atoms with Crippen LogP contribution in [-0.2, 0) is 13.6 Å². The number of hydrogen-bond acceptors (Lipinski definition) is 4. The van der Waals surface area contributed by atoms with E-state index in [-0.39, 0.29) is 34.9 Å². The van der Waals surface area contributed by atoms with E-state index in [2.05, 4.69) is 73.4 Å². The summed E-state index contributed by atoms with van der Waals surface area (Å²) >= 11 is 0. The molecular weight excluding hydrogens is 408 g/mol. The van der Waals surface area contributed by atoms with E-state index in [1.807, 2.05) is 6.08 Å². The minimum atomic E-state index is -2.00. The molecule has 0 bridgehead atoms. The molecule has 30 heavy (non-hydrogen) atoms. The lowest BCUT2D eigenvalue weighted by Crippen LogP contribution is -2.61. The topological polar surface area (TPSA) is 55.8 Å². The van der Waals surface area contributed by atoms with Crippen LogP contribution in [0.25, 0.3) is 0 Å². The molecule has 6 heteroatoms. The summed E-state index contributed by atoms with van der Waals surface area (Å²) in [5.41, 5.74) is -0.509. The molecule has 0 spiro atoms. The molecule has 0 aromatic rings. The third-order valence-electron chi connectivity index (χ3n) is 8.44. The highest BCUT2D eigenvalue weighted by molar-refractivity contribution is 6.74. The summed E-state index contributed by atoms with van der Waals surface area (Å²) in [7, 11) is -3.99. The van der Waals surface area contributed by atoms with Gasteiger partial charge in [0.2, 0.25) is 0 Å². The van der Waals surface area contributed by atoms with Gasteiger partial charge in [-0.15, -0.1) is 0 Å². The van der Waals surface area contributed by atoms with Gasteiger partial charge in [0.05, 0.1) is 24.2 Å². The van der Waals surface area contributed by atoms with Crippen LogP contribution in [0.15, 0.2) is 12.2 Å². The first-order valence-electron chi connectivity index (χ1n) is 11.7. The van der Waals surface area contributed by atoms with Crippen LogP contribution >= 0.6 is 0 Å². The Labute approximate surface area is 186 Å². The molecule has 2 fully saturated rings. The summed E-state index contributed by atoms with van der Waals surface area (Å²) in [5.74, 6) is 0.692. The van der Waals surface area contributed by atoms with E-state index in [1.165, 1.54) is 0 Å². The maximum atomic E-state index is 13.1. The molecule has 0 unspecified atom stereocenters. The van der Waals surface area contributed by atoms with Crippen molar-refractivity contribution in [1.82, 2.24) is 0 Å². The number of allylic oxidation sites excluding steroid dienone is 1. The average molecular weight is 453 g/mol. The predicted molar refractivity (Wildman–Crippen MR) is 127 cm³/mol. The number of hydrogen-bond donors (Lipinski definition) is 1. The third kappa shape index (κ3) is 3.96. The zero-order chi connectivity index (χ0) is 22.9. The SMILES string of the molecule is CC1(C)[C@@H]2[C@H]1[C@H](O[Si](C)(C)C(C)(C)C)C[C@]1(O[Si](C)(C)C)[C@H](CO)C(=O)CC=C[C@@H]21. The van der Waals surface area contributed by atoms with Crippen LogP contribution in [0.3, 0.4) is 0 Å². The van der Waals surface area contributed by atoms with Gasteiger partial charge >= 0.3 is 0 Å². The molecule has 0 aromatic heterocycles. The molecule has 0 aromatic carbocycles. The lowest BCUT2D eigenvalue weighted by atomic mass is 9.67. The molecule has 3 aliphatic rings. The van der Waals surface area contributed by atoms with Gasteiger partial charge in [0.25, 0.3) is 0 Å². The van der Waals surface area contributed by atoms with Crippen LogP contribution in [0, 0.1) is 29.1 Å². The zero-order valence-corrected chi connectivity index (χ0v) is 22.8. The highest BCUT2D eigenvalue weighted by atomic mass is 28.4. The van der Waals surface area contributed by atoms with Crippen LogP contribution in [0.1, 0.15) is 47.5 Å². The van der Waals surface area contributed by atoms with Crippen LogP contribution in [-0.4, -0.2) is 45.8 Å². The number of ketones is 1. The summed E-state index contributed by atoms with van der Waals surface area (Å²) < 4.78 is 14.0. The molecule has 0 amide bonds. The lowest BCUT2D eigenvalue weighted by Gasteiger charge is -2.52. The van der Waals surface area contributed by atoms with Crippen LogP contribution in [0.2, 0.25) is 37.8 Å².